The molecule has 2 N–H and O–H groups in total. The molecule has 1 aliphatic rings. The first-order chi connectivity index (χ1) is 13.9. The lowest BCUT2D eigenvalue weighted by atomic mass is 9.99. The number of nitrogens with zero attached hydrogens (tertiary/aromatic N) is 1. The summed E-state index contributed by atoms with van der Waals surface area (Å²) in [7, 11) is 0. The highest BCUT2D eigenvalue weighted by atomic mass is 16.5. The maximum atomic E-state index is 12.6. The number of carbonyl (C=O) groups excluding carboxylic acids is 3. The molecule has 0 aliphatic carbocycles. The SMILES string of the molecule is C=CCCCCC(=O)OC(C)CNC(=O)C(CC=C)CC(=O)N1CCCC1CO. The molecule has 164 valence electrons. The van der Waals surface area contributed by atoms with E-state index in [1.165, 1.54) is 0 Å². The number of nitrogens with one attached hydrogen (secondary N) is 1. The van der Waals surface area contributed by atoms with Gasteiger partial charge in [0.15, 0.2) is 0 Å². The van der Waals surface area contributed by atoms with Crippen molar-refractivity contribution in [1.82, 2.24) is 10.2 Å². The van der Waals surface area contributed by atoms with E-state index in [4.69, 9.17) is 4.74 Å². The number of aliphatic hydroxyl groups excluding tert-OH is 1. The molecule has 0 radical (unpaired) electrons. The van der Waals surface area contributed by atoms with Gasteiger partial charge in [-0.1, -0.05) is 12.2 Å². The van der Waals surface area contributed by atoms with Gasteiger partial charge >= 0.3 is 5.97 Å². The smallest absolute Gasteiger partial charge is 0.306 e. The van der Waals surface area contributed by atoms with Gasteiger partial charge in [-0.05, 0) is 45.4 Å². The van der Waals surface area contributed by atoms with Gasteiger partial charge in [0.05, 0.1) is 25.1 Å². The van der Waals surface area contributed by atoms with Gasteiger partial charge in [-0.3, -0.25) is 14.4 Å². The molecule has 0 aromatic heterocycles. The maximum absolute atomic E-state index is 12.6. The number of carbonyl (C=O) groups is 3. The summed E-state index contributed by atoms with van der Waals surface area (Å²) in [6.45, 7) is 9.81. The van der Waals surface area contributed by atoms with E-state index in [0.717, 1.165) is 32.1 Å². The fraction of sp³-hybridized carbons (Fsp3) is 0.682. The average molecular weight is 409 g/mol. The Morgan fingerprint density at radius 1 is 1.28 bits per heavy atom. The van der Waals surface area contributed by atoms with Crippen molar-refractivity contribution in [3.05, 3.63) is 25.3 Å². The Morgan fingerprint density at radius 2 is 2.03 bits per heavy atom. The third-order valence-electron chi connectivity index (χ3n) is 5.09. The molecule has 7 heteroatoms. The summed E-state index contributed by atoms with van der Waals surface area (Å²) in [4.78, 5) is 38.6. The van der Waals surface area contributed by atoms with Crippen LogP contribution in [0.2, 0.25) is 0 Å². The molecule has 2 amide bonds. The van der Waals surface area contributed by atoms with E-state index in [-0.39, 0.29) is 43.4 Å². The van der Waals surface area contributed by atoms with Crippen LogP contribution >= 0.6 is 0 Å². The van der Waals surface area contributed by atoms with E-state index in [1.807, 2.05) is 6.08 Å². The molecule has 1 fully saturated rings. The predicted molar refractivity (Wildman–Crippen MR) is 112 cm³/mol. The Labute approximate surface area is 174 Å². The van der Waals surface area contributed by atoms with Gasteiger partial charge in [-0.25, -0.2) is 0 Å². The van der Waals surface area contributed by atoms with Gasteiger partial charge in [-0.2, -0.15) is 0 Å². The zero-order valence-corrected chi connectivity index (χ0v) is 17.6. The number of ether oxygens (including phenoxy) is 1. The number of amides is 2. The molecule has 0 aromatic carbocycles. The number of hydrogen-bond acceptors (Lipinski definition) is 5. The monoisotopic (exact) mass is 408 g/mol. The second-order valence-corrected chi connectivity index (χ2v) is 7.57. The Hall–Kier alpha value is -2.15. The molecule has 3 atom stereocenters. The molecule has 3 unspecified atom stereocenters. The van der Waals surface area contributed by atoms with Crippen molar-refractivity contribution in [3.63, 3.8) is 0 Å². The zero-order valence-electron chi connectivity index (χ0n) is 17.6. The Kier molecular flexibility index (Phi) is 12.0. The quantitative estimate of drug-likeness (QED) is 0.261. The van der Waals surface area contributed by atoms with Crippen LogP contribution < -0.4 is 5.32 Å². The lowest BCUT2D eigenvalue weighted by molar-refractivity contribution is -0.148. The van der Waals surface area contributed by atoms with Crippen LogP contribution in [0.4, 0.5) is 0 Å². The van der Waals surface area contributed by atoms with E-state index < -0.39 is 12.0 Å². The number of likely N-dealkylation sites (tertiary alicyclic amines) is 1. The van der Waals surface area contributed by atoms with E-state index >= 15 is 0 Å². The zero-order chi connectivity index (χ0) is 21.6. The first-order valence-corrected chi connectivity index (χ1v) is 10.5. The summed E-state index contributed by atoms with van der Waals surface area (Å²) in [5, 5.41) is 12.2. The van der Waals surface area contributed by atoms with Crippen molar-refractivity contribution in [1.29, 1.82) is 0 Å². The van der Waals surface area contributed by atoms with Crippen molar-refractivity contribution >= 4 is 17.8 Å². The van der Waals surface area contributed by atoms with Crippen LogP contribution in [0.1, 0.15) is 58.3 Å². The lowest BCUT2D eigenvalue weighted by Crippen LogP contribution is -2.42. The van der Waals surface area contributed by atoms with E-state index in [2.05, 4.69) is 18.5 Å². The van der Waals surface area contributed by atoms with Gasteiger partial charge in [-0.15, -0.1) is 13.2 Å². The van der Waals surface area contributed by atoms with Gasteiger partial charge in [0.25, 0.3) is 0 Å². The van der Waals surface area contributed by atoms with Gasteiger partial charge < -0.3 is 20.1 Å². The molecular formula is C22H36N2O5. The minimum Gasteiger partial charge on any atom is -0.461 e. The van der Waals surface area contributed by atoms with Crippen LogP contribution in [-0.2, 0) is 19.1 Å². The van der Waals surface area contributed by atoms with Crippen LogP contribution in [-0.4, -0.2) is 59.6 Å². The topological polar surface area (TPSA) is 95.9 Å². The minimum absolute atomic E-state index is 0.0550. The van der Waals surface area contributed by atoms with Crippen LogP contribution in [0.5, 0.6) is 0 Å². The summed E-state index contributed by atoms with van der Waals surface area (Å²) in [6.07, 6.45) is 7.98. The summed E-state index contributed by atoms with van der Waals surface area (Å²) < 4.78 is 5.31. The normalized spacial score (nSPS) is 18.0. The van der Waals surface area contributed by atoms with Gasteiger partial charge in [0.1, 0.15) is 6.10 Å². The maximum Gasteiger partial charge on any atom is 0.306 e. The molecule has 1 aliphatic heterocycles. The van der Waals surface area contributed by atoms with Gasteiger partial charge in [0, 0.05) is 19.4 Å². The molecule has 1 saturated heterocycles. The van der Waals surface area contributed by atoms with Gasteiger partial charge in [0.2, 0.25) is 11.8 Å². The second kappa shape index (κ2) is 13.9. The van der Waals surface area contributed by atoms with Crippen molar-refractivity contribution in [2.24, 2.45) is 5.92 Å². The third-order valence-corrected chi connectivity index (χ3v) is 5.09. The van der Waals surface area contributed by atoms with Crippen molar-refractivity contribution in [2.45, 2.75) is 70.4 Å². The Morgan fingerprint density at radius 3 is 2.69 bits per heavy atom. The first kappa shape index (κ1) is 24.9. The summed E-state index contributed by atoms with van der Waals surface area (Å²) in [5.74, 6) is -1.19. The summed E-state index contributed by atoms with van der Waals surface area (Å²) in [6, 6.07) is -0.152. The van der Waals surface area contributed by atoms with Crippen molar-refractivity contribution in [3.8, 4) is 0 Å². The highest BCUT2D eigenvalue weighted by Crippen LogP contribution is 2.20. The molecule has 0 spiro atoms. The lowest BCUT2D eigenvalue weighted by Gasteiger charge is -2.25. The van der Waals surface area contributed by atoms with Crippen LogP contribution in [0, 0.1) is 5.92 Å². The van der Waals surface area contributed by atoms with Crippen LogP contribution in [0.3, 0.4) is 0 Å². The molecule has 0 saturated carbocycles. The Bertz CT molecular complexity index is 563. The Balaban J connectivity index is 2.43. The summed E-state index contributed by atoms with van der Waals surface area (Å²) in [5.41, 5.74) is 0. The second-order valence-electron chi connectivity index (χ2n) is 7.57. The van der Waals surface area contributed by atoms with E-state index in [9.17, 15) is 19.5 Å². The highest BCUT2D eigenvalue weighted by molar-refractivity contribution is 5.86. The summed E-state index contributed by atoms with van der Waals surface area (Å²) >= 11 is 0. The number of aliphatic hydroxyl groups is 1. The molecule has 1 rings (SSSR count). The third kappa shape index (κ3) is 9.26. The number of unbranched alkanes of at least 4 members (excludes halogenated alkanes) is 2. The van der Waals surface area contributed by atoms with Crippen LogP contribution in [0.15, 0.2) is 25.3 Å². The number of allylic oxidation sites excluding steroid dienone is 2. The number of esters is 1. The number of rotatable bonds is 14. The standard InChI is InChI=1S/C22H36N2O5/c1-4-6-7-8-12-21(27)29-17(3)15-23-22(28)18(10-5-2)14-20(26)24-13-9-11-19(24)16-25/h4-5,17-19,25H,1-2,6-16H2,3H3,(H,23,28). The molecule has 1 heterocycles. The highest BCUT2D eigenvalue weighted by Gasteiger charge is 2.31. The van der Waals surface area contributed by atoms with E-state index in [0.29, 0.717) is 19.4 Å². The molecule has 0 aromatic rings. The minimum atomic E-state index is -0.526. The molecule has 0 bridgehead atoms. The molecular weight excluding hydrogens is 372 g/mol. The van der Waals surface area contributed by atoms with E-state index in [1.54, 1.807) is 17.9 Å². The number of hydrogen-bond donors (Lipinski definition) is 2. The molecule has 7 nitrogen and oxygen atoms in total. The first-order valence-electron chi connectivity index (χ1n) is 10.5. The van der Waals surface area contributed by atoms with Crippen LogP contribution in [0.25, 0.3) is 0 Å². The fourth-order valence-corrected chi connectivity index (χ4v) is 3.44. The fourth-order valence-electron chi connectivity index (χ4n) is 3.44. The predicted octanol–water partition coefficient (Wildman–Crippen LogP) is 2.35. The average Bonchev–Trinajstić information content (AvgIpc) is 3.18. The largest absolute Gasteiger partial charge is 0.461 e. The van der Waals surface area contributed by atoms with Crippen molar-refractivity contribution in [2.75, 3.05) is 19.7 Å². The van der Waals surface area contributed by atoms with Crippen molar-refractivity contribution < 1.29 is 24.2 Å². The molecule has 29 heavy (non-hydrogen) atoms.